The van der Waals surface area contributed by atoms with E-state index in [2.05, 4.69) is 20.1 Å². The van der Waals surface area contributed by atoms with Gasteiger partial charge in [-0.25, -0.2) is 9.89 Å². The summed E-state index contributed by atoms with van der Waals surface area (Å²) in [7, 11) is 0. The van der Waals surface area contributed by atoms with Crippen LogP contribution in [-0.2, 0) is 13.1 Å². The van der Waals surface area contributed by atoms with Crippen LogP contribution in [0.5, 0.6) is 0 Å². The Hall–Kier alpha value is -2.67. The van der Waals surface area contributed by atoms with Crippen LogP contribution in [0, 0.1) is 0 Å². The molecule has 1 aromatic carbocycles. The number of likely N-dealkylation sites (tertiary alicyclic amines) is 1. The van der Waals surface area contributed by atoms with Gasteiger partial charge in [-0.3, -0.25) is 14.3 Å². The second-order valence-corrected chi connectivity index (χ2v) is 6.91. The third-order valence-electron chi connectivity index (χ3n) is 5.16. The summed E-state index contributed by atoms with van der Waals surface area (Å²) in [6, 6.07) is 9.28. The van der Waals surface area contributed by atoms with Crippen LogP contribution in [0.15, 0.2) is 39.9 Å². The molecule has 0 aliphatic carbocycles. The van der Waals surface area contributed by atoms with E-state index in [0.717, 1.165) is 48.4 Å². The molecular weight excluding hydrogens is 330 g/mol. The van der Waals surface area contributed by atoms with Crippen LogP contribution in [0.1, 0.15) is 37.2 Å². The Bertz CT molecular complexity index is 1030. The Labute approximate surface area is 150 Å². The van der Waals surface area contributed by atoms with Gasteiger partial charge in [0.05, 0.1) is 0 Å². The largest absolute Gasteiger partial charge is 0.357 e. The van der Waals surface area contributed by atoms with E-state index < -0.39 is 0 Å². The molecule has 3 heterocycles. The van der Waals surface area contributed by atoms with Crippen molar-refractivity contribution in [1.82, 2.24) is 24.6 Å². The van der Waals surface area contributed by atoms with Crippen molar-refractivity contribution in [1.29, 1.82) is 0 Å². The molecule has 0 amide bonds. The van der Waals surface area contributed by atoms with Crippen molar-refractivity contribution >= 4 is 10.9 Å². The van der Waals surface area contributed by atoms with Gasteiger partial charge in [0.25, 0.3) is 0 Å². The number of aromatic amines is 2. The highest BCUT2D eigenvalue weighted by Crippen LogP contribution is 2.25. The molecule has 26 heavy (non-hydrogen) atoms. The molecule has 7 nitrogen and oxygen atoms in total. The van der Waals surface area contributed by atoms with Crippen molar-refractivity contribution in [3.63, 3.8) is 0 Å². The monoisotopic (exact) mass is 353 g/mol. The van der Waals surface area contributed by atoms with E-state index in [0.29, 0.717) is 13.1 Å². The first-order chi connectivity index (χ1) is 12.7. The van der Waals surface area contributed by atoms with Crippen LogP contribution in [0.3, 0.4) is 0 Å². The average Bonchev–Trinajstić information content (AvgIpc) is 3.02. The van der Waals surface area contributed by atoms with Gasteiger partial charge in [0.15, 0.2) is 5.43 Å². The lowest BCUT2D eigenvalue weighted by Gasteiger charge is -2.32. The third-order valence-corrected chi connectivity index (χ3v) is 5.16. The zero-order valence-corrected chi connectivity index (χ0v) is 14.9. The standard InChI is InChI=1S/C19H23N5O2/c1-2-24-18(21-22-19(24)26)13-6-5-9-23(11-13)12-14-10-17(25)15-7-3-4-8-16(15)20-14/h3-4,7-8,10,13H,2,5-6,9,11-12H2,1H3,(H,20,25)(H,22,26)/t13-/m1/s1. The fourth-order valence-electron chi connectivity index (χ4n) is 3.94. The molecular formula is C19H23N5O2. The molecule has 136 valence electrons. The van der Waals surface area contributed by atoms with Gasteiger partial charge in [0.2, 0.25) is 0 Å². The van der Waals surface area contributed by atoms with Gasteiger partial charge in [-0.2, -0.15) is 5.10 Å². The van der Waals surface area contributed by atoms with Gasteiger partial charge in [-0.1, -0.05) is 12.1 Å². The molecule has 0 spiro atoms. The number of para-hydroxylation sites is 1. The summed E-state index contributed by atoms with van der Waals surface area (Å²) in [6.45, 7) is 5.09. The second kappa shape index (κ2) is 6.92. The molecule has 2 N–H and O–H groups in total. The number of rotatable bonds is 4. The van der Waals surface area contributed by atoms with Gasteiger partial charge < -0.3 is 4.98 Å². The quantitative estimate of drug-likeness (QED) is 0.749. The minimum absolute atomic E-state index is 0.0510. The number of piperidine rings is 1. The van der Waals surface area contributed by atoms with Gasteiger partial charge >= 0.3 is 5.69 Å². The second-order valence-electron chi connectivity index (χ2n) is 6.91. The molecule has 0 radical (unpaired) electrons. The van der Waals surface area contributed by atoms with Crippen LogP contribution in [0.4, 0.5) is 0 Å². The van der Waals surface area contributed by atoms with E-state index in [4.69, 9.17) is 0 Å². The Morgan fingerprint density at radius 2 is 2.12 bits per heavy atom. The fraction of sp³-hybridized carbons (Fsp3) is 0.421. The lowest BCUT2D eigenvalue weighted by Crippen LogP contribution is -2.36. The zero-order valence-electron chi connectivity index (χ0n) is 14.9. The number of nitrogens with one attached hydrogen (secondary N) is 2. The number of pyridine rings is 1. The number of fused-ring (bicyclic) bond motifs is 1. The van der Waals surface area contributed by atoms with E-state index >= 15 is 0 Å². The minimum atomic E-state index is -0.140. The Kier molecular flexibility index (Phi) is 4.46. The van der Waals surface area contributed by atoms with Crippen LogP contribution in [-0.4, -0.2) is 37.7 Å². The Morgan fingerprint density at radius 3 is 2.96 bits per heavy atom. The Morgan fingerprint density at radius 1 is 1.27 bits per heavy atom. The van der Waals surface area contributed by atoms with Crippen molar-refractivity contribution in [2.45, 2.75) is 38.8 Å². The van der Waals surface area contributed by atoms with Crippen LogP contribution in [0.25, 0.3) is 10.9 Å². The summed E-state index contributed by atoms with van der Waals surface area (Å²) in [6.07, 6.45) is 2.07. The highest BCUT2D eigenvalue weighted by atomic mass is 16.1. The number of hydrogen-bond donors (Lipinski definition) is 2. The number of H-pyrrole nitrogens is 2. The summed E-state index contributed by atoms with van der Waals surface area (Å²) in [5.74, 6) is 1.07. The summed E-state index contributed by atoms with van der Waals surface area (Å²) in [4.78, 5) is 29.9. The van der Waals surface area contributed by atoms with Crippen LogP contribution < -0.4 is 11.1 Å². The summed E-state index contributed by atoms with van der Waals surface area (Å²) >= 11 is 0. The number of hydrogen-bond acceptors (Lipinski definition) is 4. The minimum Gasteiger partial charge on any atom is -0.357 e. The topological polar surface area (TPSA) is 86.8 Å². The first kappa shape index (κ1) is 16.8. The normalized spacial score (nSPS) is 18.4. The summed E-state index contributed by atoms with van der Waals surface area (Å²) in [5, 5.41) is 7.54. The lowest BCUT2D eigenvalue weighted by atomic mass is 9.97. The molecule has 0 bridgehead atoms. The molecule has 7 heteroatoms. The average molecular weight is 353 g/mol. The summed E-state index contributed by atoms with van der Waals surface area (Å²) in [5.41, 5.74) is 1.70. The SMILES string of the molecule is CCn1c([C@@H]2CCCN(Cc3cc(=O)c4ccccc4[nH]3)C2)n[nH]c1=O. The van der Waals surface area contributed by atoms with E-state index in [-0.39, 0.29) is 17.0 Å². The van der Waals surface area contributed by atoms with Crippen molar-refractivity contribution in [3.05, 3.63) is 62.6 Å². The highest BCUT2D eigenvalue weighted by Gasteiger charge is 2.26. The molecule has 1 aliphatic heterocycles. The van der Waals surface area contributed by atoms with Crippen molar-refractivity contribution in [2.24, 2.45) is 0 Å². The predicted octanol–water partition coefficient (Wildman–Crippen LogP) is 1.81. The molecule has 1 fully saturated rings. The molecule has 3 aromatic rings. The van der Waals surface area contributed by atoms with Crippen LogP contribution in [0.2, 0.25) is 0 Å². The number of benzene rings is 1. The maximum absolute atomic E-state index is 12.3. The van der Waals surface area contributed by atoms with E-state index in [1.165, 1.54) is 0 Å². The summed E-state index contributed by atoms with van der Waals surface area (Å²) < 4.78 is 1.71. The van der Waals surface area contributed by atoms with Gasteiger partial charge in [-0.05, 0) is 38.4 Å². The fourth-order valence-corrected chi connectivity index (χ4v) is 3.94. The molecule has 2 aromatic heterocycles. The van der Waals surface area contributed by atoms with E-state index in [9.17, 15) is 9.59 Å². The first-order valence-electron chi connectivity index (χ1n) is 9.14. The highest BCUT2D eigenvalue weighted by molar-refractivity contribution is 5.78. The van der Waals surface area contributed by atoms with Gasteiger partial charge in [0, 0.05) is 48.2 Å². The van der Waals surface area contributed by atoms with E-state index in [1.807, 2.05) is 31.2 Å². The van der Waals surface area contributed by atoms with Gasteiger partial charge in [-0.15, -0.1) is 0 Å². The maximum atomic E-state index is 12.3. The number of aromatic nitrogens is 4. The third kappa shape index (κ3) is 3.10. The maximum Gasteiger partial charge on any atom is 0.343 e. The van der Waals surface area contributed by atoms with Crippen molar-refractivity contribution in [3.8, 4) is 0 Å². The molecule has 0 saturated carbocycles. The molecule has 1 atom stereocenters. The van der Waals surface area contributed by atoms with Crippen LogP contribution >= 0.6 is 0 Å². The predicted molar refractivity (Wildman–Crippen MR) is 100 cm³/mol. The molecule has 0 unspecified atom stereocenters. The number of nitrogens with zero attached hydrogens (tertiary/aromatic N) is 3. The zero-order chi connectivity index (χ0) is 18.1. The molecule has 4 rings (SSSR count). The first-order valence-corrected chi connectivity index (χ1v) is 9.14. The molecule has 1 aliphatic rings. The smallest absolute Gasteiger partial charge is 0.343 e. The molecule has 1 saturated heterocycles. The van der Waals surface area contributed by atoms with Crippen molar-refractivity contribution < 1.29 is 0 Å². The van der Waals surface area contributed by atoms with Crippen molar-refractivity contribution in [2.75, 3.05) is 13.1 Å². The Balaban J connectivity index is 1.55. The van der Waals surface area contributed by atoms with E-state index in [1.54, 1.807) is 10.6 Å². The van der Waals surface area contributed by atoms with Gasteiger partial charge in [0.1, 0.15) is 5.82 Å². The lowest BCUT2D eigenvalue weighted by molar-refractivity contribution is 0.192.